The van der Waals surface area contributed by atoms with Crippen LogP contribution in [0.4, 0.5) is 0 Å². The molecule has 2 aliphatic heterocycles. The third-order valence-electron chi connectivity index (χ3n) is 8.12. The smallest absolute Gasteiger partial charge is 0.255 e. The second kappa shape index (κ2) is 8.80. The molecule has 2 aliphatic rings. The van der Waals surface area contributed by atoms with Crippen LogP contribution in [0.25, 0.3) is 10.9 Å². The van der Waals surface area contributed by atoms with E-state index in [2.05, 4.69) is 42.2 Å². The number of hydrogen-bond acceptors (Lipinski definition) is 3. The van der Waals surface area contributed by atoms with E-state index >= 15 is 0 Å². The summed E-state index contributed by atoms with van der Waals surface area (Å²) in [6.45, 7) is 4.92. The molecule has 1 unspecified atom stereocenters. The van der Waals surface area contributed by atoms with Gasteiger partial charge in [0.15, 0.2) is 5.54 Å². The van der Waals surface area contributed by atoms with Crippen LogP contribution in [0, 0.1) is 0 Å². The van der Waals surface area contributed by atoms with Gasteiger partial charge in [-0.2, -0.15) is 0 Å². The van der Waals surface area contributed by atoms with Crippen molar-refractivity contribution in [2.75, 3.05) is 20.2 Å². The van der Waals surface area contributed by atoms with Crippen molar-refractivity contribution in [2.45, 2.75) is 38.3 Å². The molecule has 0 radical (unpaired) electrons. The number of amides is 2. The fourth-order valence-corrected chi connectivity index (χ4v) is 6.08. The Balaban J connectivity index is 1.47. The van der Waals surface area contributed by atoms with Crippen LogP contribution >= 0.6 is 0 Å². The Morgan fingerprint density at radius 2 is 1.78 bits per heavy atom. The van der Waals surface area contributed by atoms with E-state index in [1.54, 1.807) is 16.9 Å². The van der Waals surface area contributed by atoms with Crippen molar-refractivity contribution < 1.29 is 14.3 Å². The molecule has 0 aliphatic carbocycles. The van der Waals surface area contributed by atoms with Gasteiger partial charge in [0.05, 0.1) is 12.8 Å². The van der Waals surface area contributed by atoms with Crippen LogP contribution in [0.15, 0.2) is 72.8 Å². The van der Waals surface area contributed by atoms with Crippen LogP contribution in [0.2, 0.25) is 0 Å². The van der Waals surface area contributed by atoms with Gasteiger partial charge in [-0.15, -0.1) is 0 Å². The minimum absolute atomic E-state index is 0.0215. The highest BCUT2D eigenvalue weighted by Crippen LogP contribution is 2.48. The topological polar surface area (TPSA) is 65.6 Å². The minimum Gasteiger partial charge on any atom is -0.497 e. The number of H-pyrrole nitrogens is 1. The van der Waals surface area contributed by atoms with Crippen molar-refractivity contribution >= 4 is 22.7 Å². The zero-order chi connectivity index (χ0) is 25.7. The summed E-state index contributed by atoms with van der Waals surface area (Å²) >= 11 is 0. The molecule has 1 aromatic heterocycles. The Morgan fingerprint density at radius 3 is 2.54 bits per heavy atom. The van der Waals surface area contributed by atoms with Crippen molar-refractivity contribution in [2.24, 2.45) is 0 Å². The summed E-state index contributed by atoms with van der Waals surface area (Å²) in [5, 5.41) is 1.10. The van der Waals surface area contributed by atoms with E-state index in [0.717, 1.165) is 45.5 Å². The Hall–Kier alpha value is -4.06. The molecular weight excluding hydrogens is 462 g/mol. The first-order valence-electron chi connectivity index (χ1n) is 12.9. The normalized spacial score (nSPS) is 21.2. The highest BCUT2D eigenvalue weighted by atomic mass is 16.5. The van der Waals surface area contributed by atoms with Gasteiger partial charge >= 0.3 is 0 Å². The average molecular weight is 494 g/mol. The second-order valence-corrected chi connectivity index (χ2v) is 10.2. The van der Waals surface area contributed by atoms with Crippen LogP contribution in [-0.4, -0.2) is 46.8 Å². The molecule has 0 saturated carbocycles. The maximum atomic E-state index is 14.2. The molecule has 3 aromatic carbocycles. The predicted molar refractivity (Wildman–Crippen MR) is 143 cm³/mol. The number of para-hydroxylation sites is 1. The summed E-state index contributed by atoms with van der Waals surface area (Å²) < 4.78 is 5.36. The highest BCUT2D eigenvalue weighted by molar-refractivity contribution is 6.01. The molecule has 2 atom stereocenters. The van der Waals surface area contributed by atoms with Crippen molar-refractivity contribution in [3.05, 3.63) is 101 Å². The average Bonchev–Trinajstić information content (AvgIpc) is 3.33. The van der Waals surface area contributed by atoms with Crippen LogP contribution in [-0.2, 0) is 28.1 Å². The number of ether oxygens (including phenoxy) is 1. The number of aromatic nitrogens is 1. The fraction of sp³-hybridized carbons (Fsp3) is 0.290. The lowest BCUT2D eigenvalue weighted by Gasteiger charge is -2.51. The number of rotatable bonds is 5. The SMILES string of the molecule is CCc1ccc(C2CN3C(=O)CN(Cc4cccc(OC)c4)C(=O)[C@]3(C)c3[nH]c4ccccc4c32)cc1. The van der Waals surface area contributed by atoms with Crippen molar-refractivity contribution in [3.8, 4) is 5.75 Å². The number of methoxy groups -OCH3 is 1. The van der Waals surface area contributed by atoms with E-state index in [9.17, 15) is 9.59 Å². The summed E-state index contributed by atoms with van der Waals surface area (Å²) in [5.41, 5.74) is 5.17. The summed E-state index contributed by atoms with van der Waals surface area (Å²) in [4.78, 5) is 35.0. The number of aromatic amines is 1. The molecular formula is C31H31N3O3. The molecule has 1 fully saturated rings. The van der Waals surface area contributed by atoms with E-state index in [1.165, 1.54) is 5.56 Å². The van der Waals surface area contributed by atoms with Gasteiger partial charge in [0.2, 0.25) is 5.91 Å². The van der Waals surface area contributed by atoms with Crippen molar-refractivity contribution in [1.29, 1.82) is 0 Å². The van der Waals surface area contributed by atoms with Gasteiger partial charge in [-0.25, -0.2) is 0 Å². The van der Waals surface area contributed by atoms with E-state index in [0.29, 0.717) is 13.1 Å². The summed E-state index contributed by atoms with van der Waals surface area (Å²) in [7, 11) is 1.62. The Kier molecular flexibility index (Phi) is 5.55. The fourth-order valence-electron chi connectivity index (χ4n) is 6.08. The quantitative estimate of drug-likeness (QED) is 0.427. The first-order chi connectivity index (χ1) is 17.9. The first-order valence-corrected chi connectivity index (χ1v) is 12.9. The molecule has 6 heteroatoms. The zero-order valence-corrected chi connectivity index (χ0v) is 21.5. The van der Waals surface area contributed by atoms with E-state index < -0.39 is 5.54 Å². The minimum atomic E-state index is -1.11. The summed E-state index contributed by atoms with van der Waals surface area (Å²) in [5.74, 6) is 0.604. The van der Waals surface area contributed by atoms with Crippen LogP contribution in [0.1, 0.15) is 47.7 Å². The van der Waals surface area contributed by atoms with E-state index in [4.69, 9.17) is 4.74 Å². The highest BCUT2D eigenvalue weighted by Gasteiger charge is 2.56. The Bertz CT molecular complexity index is 1510. The molecule has 6 rings (SSSR count). The third-order valence-corrected chi connectivity index (χ3v) is 8.12. The number of nitrogens with one attached hydrogen (secondary N) is 1. The number of carbonyl (C=O) groups is 2. The van der Waals surface area contributed by atoms with E-state index in [-0.39, 0.29) is 24.3 Å². The third kappa shape index (κ3) is 3.62. The molecule has 4 aromatic rings. The summed E-state index contributed by atoms with van der Waals surface area (Å²) in [6, 6.07) is 24.5. The second-order valence-electron chi connectivity index (χ2n) is 10.2. The maximum Gasteiger partial charge on any atom is 0.255 e. The molecule has 0 bridgehead atoms. The molecule has 1 N–H and O–H groups in total. The number of fused-ring (bicyclic) bond motifs is 5. The molecule has 1 saturated heterocycles. The molecule has 6 nitrogen and oxygen atoms in total. The Labute approximate surface area is 216 Å². The largest absolute Gasteiger partial charge is 0.497 e. The number of nitrogens with zero attached hydrogens (tertiary/aromatic N) is 2. The van der Waals surface area contributed by atoms with Gasteiger partial charge in [0, 0.05) is 29.9 Å². The molecule has 2 amide bonds. The van der Waals surface area contributed by atoms with Crippen LogP contribution < -0.4 is 4.74 Å². The molecule has 3 heterocycles. The zero-order valence-electron chi connectivity index (χ0n) is 21.5. The van der Waals surface area contributed by atoms with Crippen LogP contribution in [0.3, 0.4) is 0 Å². The van der Waals surface area contributed by atoms with Gasteiger partial charge in [0.25, 0.3) is 5.91 Å². The molecule has 0 spiro atoms. The summed E-state index contributed by atoms with van der Waals surface area (Å²) in [6.07, 6.45) is 0.976. The number of aryl methyl sites for hydroxylation is 1. The number of hydrogen-bond donors (Lipinski definition) is 1. The lowest BCUT2D eigenvalue weighted by Crippen LogP contribution is -2.67. The number of carbonyl (C=O) groups excluding carboxylic acids is 2. The van der Waals surface area contributed by atoms with Crippen molar-refractivity contribution in [1.82, 2.24) is 14.8 Å². The van der Waals surface area contributed by atoms with Crippen molar-refractivity contribution in [3.63, 3.8) is 0 Å². The van der Waals surface area contributed by atoms with Crippen LogP contribution in [0.5, 0.6) is 5.75 Å². The Morgan fingerprint density at radius 1 is 1.00 bits per heavy atom. The van der Waals surface area contributed by atoms with Gasteiger partial charge in [0.1, 0.15) is 12.3 Å². The van der Waals surface area contributed by atoms with E-state index in [1.807, 2.05) is 49.4 Å². The predicted octanol–water partition coefficient (Wildman–Crippen LogP) is 4.97. The van der Waals surface area contributed by atoms with Gasteiger partial charge in [-0.3, -0.25) is 9.59 Å². The van der Waals surface area contributed by atoms with Gasteiger partial charge < -0.3 is 19.5 Å². The first kappa shape index (κ1) is 23.3. The maximum absolute atomic E-state index is 14.2. The molecule has 188 valence electrons. The monoisotopic (exact) mass is 493 g/mol. The van der Waals surface area contributed by atoms with Gasteiger partial charge in [-0.05, 0) is 53.8 Å². The lowest BCUT2D eigenvalue weighted by molar-refractivity contribution is -0.166. The number of benzene rings is 3. The molecule has 37 heavy (non-hydrogen) atoms. The lowest BCUT2D eigenvalue weighted by atomic mass is 9.76. The number of piperazine rings is 1. The standard InChI is InChI=1S/C31H31N3O3/c1-4-20-12-14-22(15-13-20)25-18-34-27(35)19-33(17-21-8-7-9-23(16-21)37-3)30(36)31(34,2)29-28(25)24-10-5-6-11-26(24)32-29/h5-16,25,32H,4,17-19H2,1-3H3/t25?,31-/m0/s1. The van der Waals surface area contributed by atoms with Gasteiger partial charge in [-0.1, -0.05) is 61.5 Å².